The molecule has 2 aromatic heterocycles. The zero-order valence-corrected chi connectivity index (χ0v) is 22.7. The number of fused-ring (bicyclic) bond motifs is 1. The predicted molar refractivity (Wildman–Crippen MR) is 146 cm³/mol. The Morgan fingerprint density at radius 2 is 1.89 bits per heavy atom. The number of aromatic nitrogens is 2. The van der Waals surface area contributed by atoms with Gasteiger partial charge in [0.15, 0.2) is 17.3 Å². The largest absolute Gasteiger partial charge is 0.505 e. The van der Waals surface area contributed by atoms with E-state index in [9.17, 15) is 14.7 Å². The second kappa shape index (κ2) is 11.7. The number of rotatable bonds is 11. The molecule has 1 saturated heterocycles. The highest BCUT2D eigenvalue weighted by molar-refractivity contribution is 6.46. The number of benzene rings is 1. The predicted octanol–water partition coefficient (Wildman–Crippen LogP) is 4.20. The molecular weight excluding hydrogens is 484 g/mol. The normalized spacial score (nSPS) is 17.1. The topological polar surface area (TPSA) is 96.6 Å². The third-order valence-electron chi connectivity index (χ3n) is 6.52. The van der Waals surface area contributed by atoms with Gasteiger partial charge >= 0.3 is 0 Å². The number of aryl methyl sites for hydroxylation is 1. The van der Waals surface area contributed by atoms with Crippen LogP contribution in [0.3, 0.4) is 0 Å². The summed E-state index contributed by atoms with van der Waals surface area (Å²) in [6.45, 7) is 7.75. The number of ether oxygens (including phenoxy) is 2. The maximum Gasteiger partial charge on any atom is 0.295 e. The number of aliphatic hydroxyl groups is 1. The molecule has 1 aliphatic heterocycles. The molecule has 1 fully saturated rings. The Kier molecular flexibility index (Phi) is 8.36. The van der Waals surface area contributed by atoms with Gasteiger partial charge in [-0.1, -0.05) is 19.1 Å². The van der Waals surface area contributed by atoms with Gasteiger partial charge in [0.25, 0.3) is 11.7 Å². The van der Waals surface area contributed by atoms with E-state index in [1.54, 1.807) is 34.6 Å². The van der Waals surface area contributed by atoms with E-state index < -0.39 is 17.7 Å². The van der Waals surface area contributed by atoms with E-state index in [2.05, 4.69) is 4.98 Å². The molecule has 3 heterocycles. The Morgan fingerprint density at radius 1 is 1.11 bits per heavy atom. The molecular formula is C29H36N4O5. The molecule has 0 saturated carbocycles. The third-order valence-corrected chi connectivity index (χ3v) is 6.52. The fraction of sp³-hybridized carbons (Fsp3) is 0.414. The van der Waals surface area contributed by atoms with E-state index >= 15 is 0 Å². The summed E-state index contributed by atoms with van der Waals surface area (Å²) in [4.78, 5) is 35.0. The SMILES string of the molecule is CCCOc1ccc(C2/C(=C(\O)c3c(C)nc4ccccn34)C(=O)C(=O)N2CCCN(C)C)cc1OCC. The van der Waals surface area contributed by atoms with Crippen molar-refractivity contribution >= 4 is 23.1 Å². The van der Waals surface area contributed by atoms with Gasteiger partial charge in [0.1, 0.15) is 11.3 Å². The van der Waals surface area contributed by atoms with E-state index in [-0.39, 0.29) is 11.3 Å². The molecule has 0 spiro atoms. The van der Waals surface area contributed by atoms with Crippen LogP contribution in [-0.2, 0) is 9.59 Å². The van der Waals surface area contributed by atoms with Crippen LogP contribution in [0.15, 0.2) is 48.2 Å². The summed E-state index contributed by atoms with van der Waals surface area (Å²) in [5, 5.41) is 11.6. The zero-order chi connectivity index (χ0) is 27.4. The van der Waals surface area contributed by atoms with Crippen molar-refractivity contribution in [3.05, 3.63) is 65.1 Å². The van der Waals surface area contributed by atoms with Crippen molar-refractivity contribution in [1.82, 2.24) is 19.2 Å². The smallest absolute Gasteiger partial charge is 0.295 e. The Labute approximate surface area is 223 Å². The zero-order valence-electron chi connectivity index (χ0n) is 22.7. The number of hydrogen-bond acceptors (Lipinski definition) is 7. The van der Waals surface area contributed by atoms with E-state index in [0.717, 1.165) is 13.0 Å². The minimum absolute atomic E-state index is 0.0401. The Morgan fingerprint density at radius 3 is 2.61 bits per heavy atom. The van der Waals surface area contributed by atoms with Crippen molar-refractivity contribution in [3.8, 4) is 11.5 Å². The molecule has 38 heavy (non-hydrogen) atoms. The standard InChI is InChI=1S/C29H36N4O5/c1-6-17-38-21-13-12-20(18-22(21)37-7-2)26-24(28(35)29(36)33(26)16-10-14-31(4)5)27(34)25-19(3)30-23-11-8-9-15-32(23)25/h8-9,11-13,15,18,26,34H,6-7,10,14,16-17H2,1-5H3/b27-24+. The maximum absolute atomic E-state index is 13.5. The second-order valence-electron chi connectivity index (χ2n) is 9.61. The molecule has 202 valence electrons. The molecule has 1 aromatic carbocycles. The second-order valence-corrected chi connectivity index (χ2v) is 9.61. The molecule has 1 atom stereocenters. The van der Waals surface area contributed by atoms with Crippen molar-refractivity contribution in [1.29, 1.82) is 0 Å². The number of carbonyl (C=O) groups is 2. The average Bonchev–Trinajstić information content (AvgIpc) is 3.36. The highest BCUT2D eigenvalue weighted by Crippen LogP contribution is 2.42. The molecule has 1 N–H and O–H groups in total. The van der Waals surface area contributed by atoms with Crippen molar-refractivity contribution in [3.63, 3.8) is 0 Å². The van der Waals surface area contributed by atoms with Crippen LogP contribution in [0.2, 0.25) is 0 Å². The lowest BCUT2D eigenvalue weighted by Crippen LogP contribution is -2.32. The number of imidazole rings is 1. The first-order valence-electron chi connectivity index (χ1n) is 13.0. The Hall–Kier alpha value is -3.85. The Balaban J connectivity index is 1.88. The first-order valence-corrected chi connectivity index (χ1v) is 13.0. The van der Waals surface area contributed by atoms with Crippen molar-refractivity contribution in [2.24, 2.45) is 0 Å². The fourth-order valence-corrected chi connectivity index (χ4v) is 4.84. The van der Waals surface area contributed by atoms with Crippen LogP contribution in [0.1, 0.15) is 49.7 Å². The van der Waals surface area contributed by atoms with E-state index in [1.807, 2.05) is 57.1 Å². The molecule has 0 bridgehead atoms. The summed E-state index contributed by atoms with van der Waals surface area (Å²) >= 11 is 0. The summed E-state index contributed by atoms with van der Waals surface area (Å²) in [5.74, 6) is -0.468. The van der Waals surface area contributed by atoms with Gasteiger partial charge in [-0.3, -0.25) is 14.0 Å². The van der Waals surface area contributed by atoms with Crippen LogP contribution in [0.25, 0.3) is 11.4 Å². The van der Waals surface area contributed by atoms with Crippen molar-refractivity contribution in [2.45, 2.75) is 39.7 Å². The molecule has 1 aliphatic rings. The molecule has 1 amide bonds. The van der Waals surface area contributed by atoms with Crippen LogP contribution in [-0.4, -0.2) is 76.4 Å². The van der Waals surface area contributed by atoms with Crippen LogP contribution in [0.4, 0.5) is 0 Å². The number of carbonyl (C=O) groups excluding carboxylic acids is 2. The number of likely N-dealkylation sites (tertiary alicyclic amines) is 1. The van der Waals surface area contributed by atoms with Gasteiger partial charge in [0, 0.05) is 12.7 Å². The van der Waals surface area contributed by atoms with E-state index in [0.29, 0.717) is 60.3 Å². The number of pyridine rings is 1. The van der Waals surface area contributed by atoms with Crippen LogP contribution < -0.4 is 9.47 Å². The molecule has 0 aliphatic carbocycles. The number of aliphatic hydroxyl groups excluding tert-OH is 1. The number of nitrogens with zero attached hydrogens (tertiary/aromatic N) is 4. The van der Waals surface area contributed by atoms with Gasteiger partial charge in [-0.25, -0.2) is 4.98 Å². The highest BCUT2D eigenvalue weighted by Gasteiger charge is 2.46. The highest BCUT2D eigenvalue weighted by atomic mass is 16.5. The van der Waals surface area contributed by atoms with Crippen LogP contribution in [0, 0.1) is 6.92 Å². The van der Waals surface area contributed by atoms with Gasteiger partial charge in [-0.05, 0) is 77.2 Å². The summed E-state index contributed by atoms with van der Waals surface area (Å²) in [5.41, 5.74) is 2.29. The summed E-state index contributed by atoms with van der Waals surface area (Å²) in [6, 6.07) is 10.2. The lowest BCUT2D eigenvalue weighted by Gasteiger charge is -2.26. The van der Waals surface area contributed by atoms with E-state index in [4.69, 9.17) is 9.47 Å². The van der Waals surface area contributed by atoms with Crippen LogP contribution in [0.5, 0.6) is 11.5 Å². The minimum atomic E-state index is -0.787. The number of ketones is 1. The first kappa shape index (κ1) is 27.2. The summed E-state index contributed by atoms with van der Waals surface area (Å²) < 4.78 is 13.5. The Bertz CT molecular complexity index is 1360. The molecule has 0 radical (unpaired) electrons. The lowest BCUT2D eigenvalue weighted by molar-refractivity contribution is -0.139. The summed E-state index contributed by atoms with van der Waals surface area (Å²) in [7, 11) is 3.92. The van der Waals surface area contributed by atoms with Crippen LogP contribution >= 0.6 is 0 Å². The van der Waals surface area contributed by atoms with Gasteiger partial charge in [-0.2, -0.15) is 0 Å². The maximum atomic E-state index is 13.5. The summed E-state index contributed by atoms with van der Waals surface area (Å²) in [6.07, 6.45) is 3.29. The van der Waals surface area contributed by atoms with Gasteiger partial charge in [0.05, 0.1) is 30.5 Å². The van der Waals surface area contributed by atoms with Crippen molar-refractivity contribution < 1.29 is 24.2 Å². The molecule has 4 rings (SSSR count). The number of hydrogen-bond donors (Lipinski definition) is 1. The number of amides is 1. The molecule has 3 aromatic rings. The molecule has 9 nitrogen and oxygen atoms in total. The fourth-order valence-electron chi connectivity index (χ4n) is 4.84. The quantitative estimate of drug-likeness (QED) is 0.230. The van der Waals surface area contributed by atoms with Gasteiger partial charge < -0.3 is 24.4 Å². The molecule has 9 heteroatoms. The first-order chi connectivity index (χ1) is 18.3. The lowest BCUT2D eigenvalue weighted by atomic mass is 9.95. The third kappa shape index (κ3) is 5.24. The monoisotopic (exact) mass is 520 g/mol. The van der Waals surface area contributed by atoms with Gasteiger partial charge in [-0.15, -0.1) is 0 Å². The van der Waals surface area contributed by atoms with E-state index in [1.165, 1.54) is 0 Å². The minimum Gasteiger partial charge on any atom is -0.505 e. The number of Topliss-reactive ketones (excluding diaryl/α,β-unsaturated/α-hetero) is 1. The molecule has 1 unspecified atom stereocenters. The average molecular weight is 521 g/mol. The van der Waals surface area contributed by atoms with Gasteiger partial charge in [0.2, 0.25) is 0 Å². The van der Waals surface area contributed by atoms with Crippen molar-refractivity contribution in [2.75, 3.05) is 40.4 Å².